The molecule has 5 nitrogen and oxygen atoms in total. The van der Waals surface area contributed by atoms with Crippen LogP contribution in [-0.2, 0) is 11.3 Å². The monoisotopic (exact) mass is 233 g/mol. The zero-order chi connectivity index (χ0) is 12.3. The Hall–Kier alpha value is -1.91. The van der Waals surface area contributed by atoms with E-state index in [-0.39, 0.29) is 5.97 Å². The van der Waals surface area contributed by atoms with Crippen molar-refractivity contribution in [1.29, 1.82) is 0 Å². The van der Waals surface area contributed by atoms with Crippen LogP contribution >= 0.6 is 0 Å². The van der Waals surface area contributed by atoms with Gasteiger partial charge in [0.1, 0.15) is 5.52 Å². The SMILES string of the molecule is CCCOC(=O)c1ccc2c(c1)nnn2CC. The lowest BCUT2D eigenvalue weighted by molar-refractivity contribution is 0.0505. The smallest absolute Gasteiger partial charge is 0.338 e. The van der Waals surface area contributed by atoms with Crippen molar-refractivity contribution in [2.75, 3.05) is 6.61 Å². The summed E-state index contributed by atoms with van der Waals surface area (Å²) in [5.74, 6) is -0.306. The Bertz CT molecular complexity index is 534. The summed E-state index contributed by atoms with van der Waals surface area (Å²) in [5.41, 5.74) is 2.17. The minimum absolute atomic E-state index is 0.306. The predicted molar refractivity (Wildman–Crippen MR) is 63.8 cm³/mol. The molecule has 0 radical (unpaired) electrons. The number of nitrogens with zero attached hydrogens (tertiary/aromatic N) is 3. The Morgan fingerprint density at radius 1 is 1.41 bits per heavy atom. The molecule has 0 aliphatic rings. The van der Waals surface area contributed by atoms with Gasteiger partial charge >= 0.3 is 5.97 Å². The molecule has 0 aliphatic heterocycles. The fraction of sp³-hybridized carbons (Fsp3) is 0.417. The molecule has 1 heterocycles. The van der Waals surface area contributed by atoms with Crippen molar-refractivity contribution >= 4 is 17.0 Å². The molecule has 0 aliphatic carbocycles. The van der Waals surface area contributed by atoms with Crippen molar-refractivity contribution < 1.29 is 9.53 Å². The van der Waals surface area contributed by atoms with Crippen LogP contribution in [0.4, 0.5) is 0 Å². The van der Waals surface area contributed by atoms with Crippen molar-refractivity contribution in [3.05, 3.63) is 23.8 Å². The van der Waals surface area contributed by atoms with Gasteiger partial charge in [0.05, 0.1) is 17.7 Å². The van der Waals surface area contributed by atoms with Crippen LogP contribution in [-0.4, -0.2) is 27.6 Å². The molecule has 0 atom stereocenters. The molecule has 90 valence electrons. The topological polar surface area (TPSA) is 57.0 Å². The minimum Gasteiger partial charge on any atom is -0.462 e. The standard InChI is InChI=1S/C12H15N3O2/c1-3-7-17-12(16)9-5-6-11-10(8-9)13-14-15(11)4-2/h5-6,8H,3-4,7H2,1-2H3. The number of aromatic nitrogens is 3. The second kappa shape index (κ2) is 4.95. The maximum atomic E-state index is 11.6. The van der Waals surface area contributed by atoms with Gasteiger partial charge < -0.3 is 4.74 Å². The lowest BCUT2D eigenvalue weighted by atomic mass is 10.2. The van der Waals surface area contributed by atoms with Crippen molar-refractivity contribution in [3.63, 3.8) is 0 Å². The number of ether oxygens (including phenoxy) is 1. The highest BCUT2D eigenvalue weighted by Crippen LogP contribution is 2.14. The maximum Gasteiger partial charge on any atom is 0.338 e. The van der Waals surface area contributed by atoms with Gasteiger partial charge in [-0.05, 0) is 31.5 Å². The zero-order valence-corrected chi connectivity index (χ0v) is 10.0. The van der Waals surface area contributed by atoms with E-state index < -0.39 is 0 Å². The third-order valence-corrected chi connectivity index (χ3v) is 2.49. The van der Waals surface area contributed by atoms with E-state index in [0.717, 1.165) is 24.0 Å². The summed E-state index contributed by atoms with van der Waals surface area (Å²) >= 11 is 0. The van der Waals surface area contributed by atoms with E-state index in [1.165, 1.54) is 0 Å². The van der Waals surface area contributed by atoms with Gasteiger partial charge in [0, 0.05) is 6.54 Å². The number of hydrogen-bond acceptors (Lipinski definition) is 4. The number of fused-ring (bicyclic) bond motifs is 1. The normalized spacial score (nSPS) is 10.7. The van der Waals surface area contributed by atoms with Crippen LogP contribution in [0, 0.1) is 0 Å². The van der Waals surface area contributed by atoms with E-state index in [2.05, 4.69) is 10.3 Å². The van der Waals surface area contributed by atoms with Crippen molar-refractivity contribution in [3.8, 4) is 0 Å². The molecule has 5 heteroatoms. The molecule has 2 rings (SSSR count). The van der Waals surface area contributed by atoms with Crippen LogP contribution in [0.25, 0.3) is 11.0 Å². The van der Waals surface area contributed by atoms with Gasteiger partial charge in [-0.15, -0.1) is 5.10 Å². The van der Waals surface area contributed by atoms with E-state index in [1.807, 2.05) is 19.9 Å². The Balaban J connectivity index is 2.29. The summed E-state index contributed by atoms with van der Waals surface area (Å²) in [7, 11) is 0. The average Bonchev–Trinajstić information content (AvgIpc) is 2.77. The summed E-state index contributed by atoms with van der Waals surface area (Å²) < 4.78 is 6.85. The third kappa shape index (κ3) is 2.27. The van der Waals surface area contributed by atoms with Crippen LogP contribution in [0.5, 0.6) is 0 Å². The summed E-state index contributed by atoms with van der Waals surface area (Å²) in [6.07, 6.45) is 0.819. The molecule has 0 spiro atoms. The first-order valence-corrected chi connectivity index (χ1v) is 5.76. The van der Waals surface area contributed by atoms with Crippen LogP contribution < -0.4 is 0 Å². The maximum absolute atomic E-state index is 11.6. The Morgan fingerprint density at radius 3 is 2.94 bits per heavy atom. The van der Waals surface area contributed by atoms with Crippen molar-refractivity contribution in [2.45, 2.75) is 26.8 Å². The van der Waals surface area contributed by atoms with Gasteiger partial charge in [0.2, 0.25) is 0 Å². The van der Waals surface area contributed by atoms with Gasteiger partial charge in [-0.1, -0.05) is 12.1 Å². The number of esters is 1. The molecule has 2 aromatic rings. The Morgan fingerprint density at radius 2 is 2.24 bits per heavy atom. The first kappa shape index (κ1) is 11.6. The molecule has 0 unspecified atom stereocenters. The molecule has 0 amide bonds. The summed E-state index contributed by atoms with van der Waals surface area (Å²) in [5, 5.41) is 8.01. The fourth-order valence-electron chi connectivity index (χ4n) is 1.61. The van der Waals surface area contributed by atoms with Gasteiger partial charge in [-0.3, -0.25) is 0 Å². The lowest BCUT2D eigenvalue weighted by Crippen LogP contribution is -2.05. The van der Waals surface area contributed by atoms with Gasteiger partial charge in [0.15, 0.2) is 0 Å². The van der Waals surface area contributed by atoms with Crippen LogP contribution in [0.3, 0.4) is 0 Å². The van der Waals surface area contributed by atoms with E-state index in [4.69, 9.17) is 4.74 Å². The summed E-state index contributed by atoms with van der Waals surface area (Å²) in [4.78, 5) is 11.6. The van der Waals surface area contributed by atoms with Crippen molar-refractivity contribution in [1.82, 2.24) is 15.0 Å². The molecule has 0 saturated carbocycles. The summed E-state index contributed by atoms with van der Waals surface area (Å²) in [6, 6.07) is 5.31. The number of benzene rings is 1. The highest BCUT2D eigenvalue weighted by molar-refractivity contribution is 5.93. The number of carbonyl (C=O) groups excluding carboxylic acids is 1. The van der Waals surface area contributed by atoms with Crippen LogP contribution in [0.2, 0.25) is 0 Å². The molecular formula is C12H15N3O2. The minimum atomic E-state index is -0.306. The van der Waals surface area contributed by atoms with E-state index >= 15 is 0 Å². The quantitative estimate of drug-likeness (QED) is 0.758. The molecule has 1 aromatic heterocycles. The molecule has 0 bridgehead atoms. The highest BCUT2D eigenvalue weighted by atomic mass is 16.5. The Labute approximate surface area is 99.4 Å². The number of hydrogen-bond donors (Lipinski definition) is 0. The van der Waals surface area contributed by atoms with Crippen LogP contribution in [0.1, 0.15) is 30.6 Å². The molecule has 0 N–H and O–H groups in total. The van der Waals surface area contributed by atoms with E-state index in [9.17, 15) is 4.79 Å². The molecule has 0 fully saturated rings. The van der Waals surface area contributed by atoms with Gasteiger partial charge in [-0.2, -0.15) is 0 Å². The molecule has 0 saturated heterocycles. The lowest BCUT2D eigenvalue weighted by Gasteiger charge is -2.02. The predicted octanol–water partition coefficient (Wildman–Crippen LogP) is 2.02. The summed E-state index contributed by atoms with van der Waals surface area (Å²) in [6.45, 7) is 5.16. The Kier molecular flexibility index (Phi) is 3.37. The third-order valence-electron chi connectivity index (χ3n) is 2.49. The highest BCUT2D eigenvalue weighted by Gasteiger charge is 2.10. The van der Waals surface area contributed by atoms with E-state index in [1.54, 1.807) is 16.8 Å². The second-order valence-corrected chi connectivity index (χ2v) is 3.74. The van der Waals surface area contributed by atoms with Crippen molar-refractivity contribution in [2.24, 2.45) is 0 Å². The first-order chi connectivity index (χ1) is 8.26. The first-order valence-electron chi connectivity index (χ1n) is 5.76. The number of aryl methyl sites for hydroxylation is 1. The largest absolute Gasteiger partial charge is 0.462 e. The van der Waals surface area contributed by atoms with Gasteiger partial charge in [-0.25, -0.2) is 9.48 Å². The molecular weight excluding hydrogens is 218 g/mol. The second-order valence-electron chi connectivity index (χ2n) is 3.74. The number of carbonyl (C=O) groups is 1. The van der Waals surface area contributed by atoms with Crippen LogP contribution in [0.15, 0.2) is 18.2 Å². The molecule has 1 aromatic carbocycles. The molecule has 17 heavy (non-hydrogen) atoms. The van der Waals surface area contributed by atoms with Gasteiger partial charge in [0.25, 0.3) is 0 Å². The zero-order valence-electron chi connectivity index (χ0n) is 10.0. The average molecular weight is 233 g/mol. The van der Waals surface area contributed by atoms with E-state index in [0.29, 0.717) is 12.2 Å². The number of rotatable bonds is 4. The fourth-order valence-corrected chi connectivity index (χ4v) is 1.61.